The number of carbonyl (C=O) groups is 1. The van der Waals surface area contributed by atoms with Crippen LogP contribution in [0.1, 0.15) is 26.5 Å². The molecule has 0 spiro atoms. The van der Waals surface area contributed by atoms with Gasteiger partial charge in [-0.15, -0.1) is 0 Å². The highest BCUT2D eigenvalue weighted by atomic mass is 16.5. The molecule has 110 valence electrons. The summed E-state index contributed by atoms with van der Waals surface area (Å²) < 4.78 is 4.92. The zero-order chi connectivity index (χ0) is 14.6. The molecule has 0 atom stereocenters. The number of rotatable bonds is 4. The minimum atomic E-state index is -0.226. The summed E-state index contributed by atoms with van der Waals surface area (Å²) >= 11 is 0. The van der Waals surface area contributed by atoms with Crippen molar-refractivity contribution < 1.29 is 9.53 Å². The summed E-state index contributed by atoms with van der Waals surface area (Å²) in [6, 6.07) is 3.93. The second-order valence-corrected chi connectivity index (χ2v) is 5.72. The summed E-state index contributed by atoms with van der Waals surface area (Å²) in [4.78, 5) is 18.1. The van der Waals surface area contributed by atoms with E-state index in [9.17, 15) is 4.79 Å². The van der Waals surface area contributed by atoms with Gasteiger partial charge in [0.2, 0.25) is 0 Å². The Hall–Kier alpha value is -1.62. The third-order valence-electron chi connectivity index (χ3n) is 3.38. The second kappa shape index (κ2) is 6.22. The van der Waals surface area contributed by atoms with Crippen molar-refractivity contribution in [3.63, 3.8) is 0 Å². The van der Waals surface area contributed by atoms with Gasteiger partial charge in [-0.2, -0.15) is 0 Å². The lowest BCUT2D eigenvalue weighted by molar-refractivity contribution is -0.142. The maximum atomic E-state index is 11.4. The number of aromatic nitrogens is 1. The van der Waals surface area contributed by atoms with Crippen LogP contribution in [0.15, 0.2) is 18.3 Å². The van der Waals surface area contributed by atoms with Crippen LogP contribution < -0.4 is 10.2 Å². The molecule has 0 unspecified atom stereocenters. The number of hydrogen-bond donors (Lipinski definition) is 1. The number of piperazine rings is 1. The molecule has 2 rings (SSSR count). The monoisotopic (exact) mass is 277 g/mol. The molecule has 0 saturated carbocycles. The number of esters is 1. The van der Waals surface area contributed by atoms with E-state index in [-0.39, 0.29) is 17.9 Å². The third-order valence-corrected chi connectivity index (χ3v) is 3.38. The number of hydrogen-bond acceptors (Lipinski definition) is 5. The number of pyridine rings is 1. The van der Waals surface area contributed by atoms with E-state index in [0.717, 1.165) is 31.0 Å². The molecule has 1 fully saturated rings. The number of nitrogens with zero attached hydrogens (tertiary/aromatic N) is 2. The Morgan fingerprint density at radius 1 is 1.50 bits per heavy atom. The Morgan fingerprint density at radius 2 is 2.30 bits per heavy atom. The summed E-state index contributed by atoms with van der Waals surface area (Å²) in [5.74, 6) is -0.226. The first-order valence-corrected chi connectivity index (χ1v) is 7.11. The molecule has 5 nitrogen and oxygen atoms in total. The minimum Gasteiger partial charge on any atom is -0.466 e. The van der Waals surface area contributed by atoms with Gasteiger partial charge in [0.25, 0.3) is 0 Å². The van der Waals surface area contributed by atoms with Gasteiger partial charge in [-0.25, -0.2) is 0 Å². The van der Waals surface area contributed by atoms with Crippen LogP contribution in [0.25, 0.3) is 0 Å². The van der Waals surface area contributed by atoms with Crippen LogP contribution in [-0.4, -0.2) is 42.7 Å². The third kappa shape index (κ3) is 3.93. The quantitative estimate of drug-likeness (QED) is 0.843. The number of nitrogens with one attached hydrogen (secondary N) is 1. The summed E-state index contributed by atoms with van der Waals surface area (Å²) in [6.07, 6.45) is 2.08. The van der Waals surface area contributed by atoms with Crippen molar-refractivity contribution >= 4 is 11.7 Å². The van der Waals surface area contributed by atoms with Crippen LogP contribution in [0.4, 0.5) is 5.69 Å². The van der Waals surface area contributed by atoms with E-state index < -0.39 is 0 Å². The average molecular weight is 277 g/mol. The first-order chi connectivity index (χ1) is 9.50. The fourth-order valence-corrected chi connectivity index (χ4v) is 2.43. The van der Waals surface area contributed by atoms with Gasteiger partial charge >= 0.3 is 5.97 Å². The van der Waals surface area contributed by atoms with Crippen LogP contribution >= 0.6 is 0 Å². The smallest absolute Gasteiger partial charge is 0.311 e. The summed E-state index contributed by atoms with van der Waals surface area (Å²) in [5, 5.41) is 3.49. The van der Waals surface area contributed by atoms with E-state index in [2.05, 4.69) is 29.0 Å². The van der Waals surface area contributed by atoms with Gasteiger partial charge in [0.1, 0.15) is 0 Å². The molecule has 1 N–H and O–H groups in total. The van der Waals surface area contributed by atoms with Crippen LogP contribution in [0.3, 0.4) is 0 Å². The Morgan fingerprint density at radius 3 is 2.90 bits per heavy atom. The van der Waals surface area contributed by atoms with Crippen molar-refractivity contribution in [2.24, 2.45) is 0 Å². The van der Waals surface area contributed by atoms with E-state index >= 15 is 0 Å². The zero-order valence-electron chi connectivity index (χ0n) is 12.5. The average Bonchev–Trinajstić information content (AvgIpc) is 2.38. The molecule has 1 saturated heterocycles. The van der Waals surface area contributed by atoms with Crippen molar-refractivity contribution in [3.8, 4) is 0 Å². The number of carbonyl (C=O) groups excluding carboxylic acids is 1. The van der Waals surface area contributed by atoms with Crippen molar-refractivity contribution in [1.82, 2.24) is 10.3 Å². The fraction of sp³-hybridized carbons (Fsp3) is 0.600. The van der Waals surface area contributed by atoms with Crippen molar-refractivity contribution in [3.05, 3.63) is 24.0 Å². The molecule has 0 radical (unpaired) electrons. The second-order valence-electron chi connectivity index (χ2n) is 5.72. The topological polar surface area (TPSA) is 54.5 Å². The highest BCUT2D eigenvalue weighted by Crippen LogP contribution is 2.19. The van der Waals surface area contributed by atoms with Gasteiger partial charge in [-0.3, -0.25) is 9.78 Å². The Balaban J connectivity index is 1.99. The minimum absolute atomic E-state index is 0.113. The summed E-state index contributed by atoms with van der Waals surface area (Å²) in [5.41, 5.74) is 1.97. The highest BCUT2D eigenvalue weighted by Gasteiger charge is 2.25. The van der Waals surface area contributed by atoms with Gasteiger partial charge in [0.15, 0.2) is 0 Å². The maximum Gasteiger partial charge on any atom is 0.311 e. The largest absolute Gasteiger partial charge is 0.466 e. The predicted octanol–water partition coefficient (Wildman–Crippen LogP) is 1.38. The molecule has 5 heteroatoms. The highest BCUT2D eigenvalue weighted by molar-refractivity contribution is 5.72. The molecule has 0 aromatic carbocycles. The normalized spacial score (nSPS) is 17.9. The van der Waals surface area contributed by atoms with E-state index in [0.29, 0.717) is 6.61 Å². The van der Waals surface area contributed by atoms with E-state index in [1.54, 1.807) is 6.92 Å². The Labute approximate surface area is 120 Å². The molecule has 2 heterocycles. The summed E-state index contributed by atoms with van der Waals surface area (Å²) in [6.45, 7) is 9.50. The molecule has 1 aliphatic heterocycles. The van der Waals surface area contributed by atoms with Crippen LogP contribution in [0.2, 0.25) is 0 Å². The molecule has 1 aromatic rings. The first kappa shape index (κ1) is 14.8. The number of anilines is 1. The van der Waals surface area contributed by atoms with Crippen LogP contribution in [0, 0.1) is 0 Å². The number of ether oxygens (including phenoxy) is 1. The van der Waals surface area contributed by atoms with Crippen molar-refractivity contribution in [1.29, 1.82) is 0 Å². The zero-order valence-corrected chi connectivity index (χ0v) is 12.5. The van der Waals surface area contributed by atoms with Crippen molar-refractivity contribution in [2.75, 3.05) is 31.1 Å². The van der Waals surface area contributed by atoms with Crippen LogP contribution in [-0.2, 0) is 16.0 Å². The molecule has 0 bridgehead atoms. The fourth-order valence-electron chi connectivity index (χ4n) is 2.43. The lowest BCUT2D eigenvalue weighted by atomic mass is 10.0. The van der Waals surface area contributed by atoms with Gasteiger partial charge < -0.3 is 15.0 Å². The standard InChI is InChI=1S/C15H23N3O2/c1-4-20-14(19)9-12-5-6-13(10-16-12)18-8-7-17-15(2,3)11-18/h5-6,10,17H,4,7-9,11H2,1-3H3. The Bertz CT molecular complexity index is 457. The lowest BCUT2D eigenvalue weighted by Gasteiger charge is -2.40. The molecule has 0 amide bonds. The van der Waals surface area contributed by atoms with Crippen molar-refractivity contribution in [2.45, 2.75) is 32.7 Å². The molecule has 0 aliphatic carbocycles. The molecular weight excluding hydrogens is 254 g/mol. The predicted molar refractivity (Wildman–Crippen MR) is 78.9 cm³/mol. The lowest BCUT2D eigenvalue weighted by Crippen LogP contribution is -2.57. The van der Waals surface area contributed by atoms with Gasteiger partial charge in [-0.1, -0.05) is 0 Å². The van der Waals surface area contributed by atoms with Crippen LogP contribution in [0.5, 0.6) is 0 Å². The van der Waals surface area contributed by atoms with Gasteiger partial charge in [0.05, 0.1) is 30.6 Å². The van der Waals surface area contributed by atoms with E-state index in [1.165, 1.54) is 0 Å². The molecule has 1 aliphatic rings. The van der Waals surface area contributed by atoms with Gasteiger partial charge in [-0.05, 0) is 32.9 Å². The SMILES string of the molecule is CCOC(=O)Cc1ccc(N2CCNC(C)(C)C2)cn1. The van der Waals surface area contributed by atoms with E-state index in [4.69, 9.17) is 4.74 Å². The summed E-state index contributed by atoms with van der Waals surface area (Å²) in [7, 11) is 0. The first-order valence-electron chi connectivity index (χ1n) is 7.11. The molecular formula is C15H23N3O2. The molecule has 20 heavy (non-hydrogen) atoms. The maximum absolute atomic E-state index is 11.4. The van der Waals surface area contributed by atoms with E-state index in [1.807, 2.05) is 18.3 Å². The Kier molecular flexibility index (Phi) is 4.60. The molecule has 1 aromatic heterocycles. The van der Waals surface area contributed by atoms with Gasteiger partial charge in [0, 0.05) is 25.2 Å².